The molecule has 1 N–H and O–H groups in total. The minimum absolute atomic E-state index is 0.0882. The van der Waals surface area contributed by atoms with Gasteiger partial charge in [0.15, 0.2) is 0 Å². The van der Waals surface area contributed by atoms with Gasteiger partial charge >= 0.3 is 0 Å². The van der Waals surface area contributed by atoms with Gasteiger partial charge in [-0.3, -0.25) is 19.6 Å². The first-order valence-electron chi connectivity index (χ1n) is 16.1. The van der Waals surface area contributed by atoms with Gasteiger partial charge in [0, 0.05) is 85.2 Å². The Morgan fingerprint density at radius 3 is 2.64 bits per heavy atom. The molecule has 44 heavy (non-hydrogen) atoms. The number of alkyl halides is 2. The van der Waals surface area contributed by atoms with Crippen LogP contribution in [0.5, 0.6) is 0 Å². The number of likely N-dealkylation sites (tertiary alicyclic amines) is 1. The van der Waals surface area contributed by atoms with Crippen molar-refractivity contribution >= 4 is 29.5 Å². The number of nitrogens with one attached hydrogen (secondary N) is 1. The first-order valence-corrected chi connectivity index (χ1v) is 16.1. The Kier molecular flexibility index (Phi) is 7.51. The first kappa shape index (κ1) is 29.4. The number of carbonyl (C=O) groups excluding carboxylic acids is 1. The molecule has 0 radical (unpaired) electrons. The number of rotatable bonds is 10. The molecule has 5 aliphatic rings. The lowest BCUT2D eigenvalue weighted by molar-refractivity contribution is -0.100. The van der Waals surface area contributed by atoms with Crippen LogP contribution < -0.4 is 10.2 Å². The molecule has 11 heteroatoms. The van der Waals surface area contributed by atoms with Crippen LogP contribution in [-0.4, -0.2) is 71.5 Å². The van der Waals surface area contributed by atoms with E-state index in [0.29, 0.717) is 63.2 Å². The van der Waals surface area contributed by atoms with Gasteiger partial charge in [0.1, 0.15) is 11.6 Å². The highest BCUT2D eigenvalue weighted by molar-refractivity contribution is 6.10. The molecule has 0 aromatic carbocycles. The predicted molar refractivity (Wildman–Crippen MR) is 166 cm³/mol. The molecule has 0 bridgehead atoms. The highest BCUT2D eigenvalue weighted by atomic mass is 19.3. The SMILES string of the molecule is CCNc1cc(C2(CC3=NN=CC3CC)COC2)cc(N2Cc3c(cc(CN4CCC(F)(F)[C@H](C)C4)nc3C3CC3)C2=O)n1. The number of hydrogen-bond donors (Lipinski definition) is 1. The van der Waals surface area contributed by atoms with Gasteiger partial charge in [-0.25, -0.2) is 13.8 Å². The number of carbonyl (C=O) groups is 1. The van der Waals surface area contributed by atoms with Gasteiger partial charge in [-0.1, -0.05) is 13.8 Å². The summed E-state index contributed by atoms with van der Waals surface area (Å²) in [7, 11) is 0. The molecule has 0 spiro atoms. The fraction of sp³-hybridized carbons (Fsp3) is 0.606. The van der Waals surface area contributed by atoms with E-state index in [2.05, 4.69) is 28.5 Å². The Bertz CT molecular complexity index is 1520. The molecule has 6 heterocycles. The fourth-order valence-electron chi connectivity index (χ4n) is 7.03. The average molecular weight is 606 g/mol. The number of nitrogens with zero attached hydrogens (tertiary/aromatic N) is 6. The Morgan fingerprint density at radius 1 is 1.14 bits per heavy atom. The molecule has 2 saturated heterocycles. The topological polar surface area (TPSA) is 95.3 Å². The molecule has 4 aliphatic heterocycles. The van der Waals surface area contributed by atoms with E-state index in [0.717, 1.165) is 59.7 Å². The standard InChI is InChI=1S/C33H41F2N7O2/c1-4-21-14-37-40-27(21)13-32(18-44-19-32)23-10-28(36-5-2)39-29(11-23)42-17-26-25(31(42)43)12-24(38-30(26)22-6-7-22)16-41-9-8-33(34,35)20(3)15-41/h10-12,14,20-22H,4-9,13,15-19H2,1-3H3,(H,36,39)/t20-,21?/m1/s1. The second-order valence-electron chi connectivity index (χ2n) is 13.3. The third kappa shape index (κ3) is 5.31. The third-order valence-electron chi connectivity index (χ3n) is 10.0. The van der Waals surface area contributed by atoms with E-state index < -0.39 is 11.8 Å². The Labute approximate surface area is 257 Å². The molecule has 2 aromatic rings. The first-order chi connectivity index (χ1) is 21.2. The Morgan fingerprint density at radius 2 is 1.95 bits per heavy atom. The Balaban J connectivity index is 1.19. The molecule has 234 valence electrons. The lowest BCUT2D eigenvalue weighted by Crippen LogP contribution is -2.49. The number of piperidine rings is 1. The van der Waals surface area contributed by atoms with E-state index in [9.17, 15) is 13.6 Å². The molecule has 1 amide bonds. The number of pyridine rings is 2. The van der Waals surface area contributed by atoms with Crippen molar-refractivity contribution in [2.75, 3.05) is 43.1 Å². The van der Waals surface area contributed by atoms with Crippen LogP contribution in [-0.2, 0) is 23.2 Å². The van der Waals surface area contributed by atoms with Crippen LogP contribution in [0.3, 0.4) is 0 Å². The number of anilines is 2. The summed E-state index contributed by atoms with van der Waals surface area (Å²) < 4.78 is 34.1. The zero-order valence-corrected chi connectivity index (χ0v) is 25.8. The third-order valence-corrected chi connectivity index (χ3v) is 10.0. The van der Waals surface area contributed by atoms with E-state index in [1.165, 1.54) is 0 Å². The van der Waals surface area contributed by atoms with Gasteiger partial charge in [-0.2, -0.15) is 10.2 Å². The molecular formula is C33H41F2N7O2. The predicted octanol–water partition coefficient (Wildman–Crippen LogP) is 5.55. The van der Waals surface area contributed by atoms with Crippen LogP contribution in [0.15, 0.2) is 28.4 Å². The molecule has 1 saturated carbocycles. The number of aromatic nitrogens is 2. The van der Waals surface area contributed by atoms with E-state index >= 15 is 0 Å². The van der Waals surface area contributed by atoms with Crippen LogP contribution in [0.2, 0.25) is 0 Å². The van der Waals surface area contributed by atoms with Crippen LogP contribution in [0, 0.1) is 11.8 Å². The highest BCUT2D eigenvalue weighted by Gasteiger charge is 2.45. The number of hydrogen-bond acceptors (Lipinski definition) is 8. The van der Waals surface area contributed by atoms with E-state index in [1.54, 1.807) is 11.8 Å². The molecule has 7 rings (SSSR count). The molecular weight excluding hydrogens is 564 g/mol. The van der Waals surface area contributed by atoms with Crippen molar-refractivity contribution in [2.45, 2.75) is 83.2 Å². The molecule has 1 unspecified atom stereocenters. The maximum absolute atomic E-state index is 14.1. The molecule has 2 atom stereocenters. The number of halogens is 2. The second-order valence-corrected chi connectivity index (χ2v) is 13.3. The zero-order valence-electron chi connectivity index (χ0n) is 25.8. The van der Waals surface area contributed by atoms with E-state index in [1.807, 2.05) is 30.2 Å². The number of fused-ring (bicyclic) bond motifs is 1. The zero-order chi connectivity index (χ0) is 30.6. The smallest absolute Gasteiger partial charge is 0.260 e. The molecule has 9 nitrogen and oxygen atoms in total. The molecule has 3 fully saturated rings. The summed E-state index contributed by atoms with van der Waals surface area (Å²) in [5, 5.41) is 12.0. The summed E-state index contributed by atoms with van der Waals surface area (Å²) >= 11 is 0. The van der Waals surface area contributed by atoms with Crippen molar-refractivity contribution in [1.82, 2.24) is 14.9 Å². The Hall–Kier alpha value is -3.31. The summed E-state index contributed by atoms with van der Waals surface area (Å²) in [5.74, 6) is -1.51. The van der Waals surface area contributed by atoms with Gasteiger partial charge < -0.3 is 10.1 Å². The van der Waals surface area contributed by atoms with Crippen molar-refractivity contribution in [3.05, 3.63) is 46.3 Å². The molecule has 2 aromatic heterocycles. The van der Waals surface area contributed by atoms with E-state index in [4.69, 9.17) is 14.7 Å². The summed E-state index contributed by atoms with van der Waals surface area (Å²) in [5.41, 5.74) is 5.30. The normalized spacial score (nSPS) is 25.6. The van der Waals surface area contributed by atoms with Gasteiger partial charge in [-0.05, 0) is 49.9 Å². The summed E-state index contributed by atoms with van der Waals surface area (Å²) in [6, 6.07) is 6.02. The van der Waals surface area contributed by atoms with Crippen LogP contribution in [0.1, 0.15) is 91.7 Å². The van der Waals surface area contributed by atoms with Crippen molar-refractivity contribution in [2.24, 2.45) is 22.0 Å². The van der Waals surface area contributed by atoms with Gasteiger partial charge in [0.2, 0.25) is 0 Å². The van der Waals surface area contributed by atoms with Crippen molar-refractivity contribution in [1.29, 1.82) is 0 Å². The molecule has 1 aliphatic carbocycles. The van der Waals surface area contributed by atoms with Crippen LogP contribution in [0.4, 0.5) is 20.4 Å². The van der Waals surface area contributed by atoms with Crippen LogP contribution in [0.25, 0.3) is 0 Å². The van der Waals surface area contributed by atoms with E-state index in [-0.39, 0.29) is 23.7 Å². The van der Waals surface area contributed by atoms with Crippen molar-refractivity contribution in [3.63, 3.8) is 0 Å². The van der Waals surface area contributed by atoms with Crippen LogP contribution >= 0.6 is 0 Å². The highest BCUT2D eigenvalue weighted by Crippen LogP contribution is 2.45. The minimum atomic E-state index is -2.63. The quantitative estimate of drug-likeness (QED) is 0.382. The number of amides is 1. The lowest BCUT2D eigenvalue weighted by atomic mass is 9.73. The fourth-order valence-corrected chi connectivity index (χ4v) is 7.03. The van der Waals surface area contributed by atoms with Gasteiger partial charge in [0.25, 0.3) is 11.8 Å². The second kappa shape index (κ2) is 11.2. The summed E-state index contributed by atoms with van der Waals surface area (Å²) in [6.07, 6.45) is 5.57. The monoisotopic (exact) mass is 605 g/mol. The van der Waals surface area contributed by atoms with Gasteiger partial charge in [-0.15, -0.1) is 0 Å². The largest absolute Gasteiger partial charge is 0.379 e. The number of ether oxygens (including phenoxy) is 1. The van der Waals surface area contributed by atoms with Crippen molar-refractivity contribution in [3.8, 4) is 0 Å². The summed E-state index contributed by atoms with van der Waals surface area (Å²) in [6.45, 7) is 9.16. The maximum atomic E-state index is 14.1. The lowest BCUT2D eigenvalue weighted by Gasteiger charge is -2.43. The minimum Gasteiger partial charge on any atom is -0.379 e. The maximum Gasteiger partial charge on any atom is 0.260 e. The van der Waals surface area contributed by atoms with Crippen molar-refractivity contribution < 1.29 is 18.3 Å². The average Bonchev–Trinajstić information content (AvgIpc) is 3.64. The van der Waals surface area contributed by atoms with Gasteiger partial charge in [0.05, 0.1) is 31.2 Å². The summed E-state index contributed by atoms with van der Waals surface area (Å²) in [4.78, 5) is 27.9.